The van der Waals surface area contributed by atoms with Gasteiger partial charge in [-0.15, -0.1) is 0 Å². The molecule has 1 amide bonds. The van der Waals surface area contributed by atoms with Crippen LogP contribution in [-0.4, -0.2) is 23.0 Å². The SMILES string of the molecule is CC(C)(C)C(N)C(=O)Nc1cc(Cl)cc(C(=O)O)c1. The Morgan fingerprint density at radius 2 is 1.89 bits per heavy atom. The molecule has 0 saturated carbocycles. The predicted molar refractivity (Wildman–Crippen MR) is 74.5 cm³/mol. The summed E-state index contributed by atoms with van der Waals surface area (Å²) in [5.41, 5.74) is 5.75. The highest BCUT2D eigenvalue weighted by Gasteiger charge is 2.27. The zero-order chi connectivity index (χ0) is 14.8. The number of carboxylic acid groups (broad SMARTS) is 1. The third-order valence-electron chi connectivity index (χ3n) is 2.63. The van der Waals surface area contributed by atoms with E-state index in [1.807, 2.05) is 20.8 Å². The number of amides is 1. The molecule has 1 atom stereocenters. The van der Waals surface area contributed by atoms with Crippen LogP contribution in [0.5, 0.6) is 0 Å². The fourth-order valence-corrected chi connectivity index (χ4v) is 1.63. The van der Waals surface area contributed by atoms with E-state index >= 15 is 0 Å². The molecule has 0 fully saturated rings. The van der Waals surface area contributed by atoms with Gasteiger partial charge in [-0.1, -0.05) is 32.4 Å². The van der Waals surface area contributed by atoms with Gasteiger partial charge in [-0.05, 0) is 23.6 Å². The standard InChI is InChI=1S/C13H17ClN2O3/c1-13(2,3)10(15)11(17)16-9-5-7(12(18)19)4-8(14)6-9/h4-6,10H,15H2,1-3H3,(H,16,17)(H,18,19). The van der Waals surface area contributed by atoms with Gasteiger partial charge in [-0.2, -0.15) is 0 Å². The van der Waals surface area contributed by atoms with Gasteiger partial charge in [0.2, 0.25) is 5.91 Å². The Morgan fingerprint density at radius 3 is 2.37 bits per heavy atom. The monoisotopic (exact) mass is 284 g/mol. The van der Waals surface area contributed by atoms with Gasteiger partial charge in [-0.25, -0.2) is 4.79 Å². The zero-order valence-corrected chi connectivity index (χ0v) is 11.8. The Morgan fingerprint density at radius 1 is 1.32 bits per heavy atom. The van der Waals surface area contributed by atoms with Gasteiger partial charge in [0, 0.05) is 10.7 Å². The first-order valence-electron chi connectivity index (χ1n) is 5.71. The van der Waals surface area contributed by atoms with Gasteiger partial charge in [0.15, 0.2) is 0 Å². The number of hydrogen-bond acceptors (Lipinski definition) is 3. The number of carbonyl (C=O) groups is 2. The minimum atomic E-state index is -1.11. The van der Waals surface area contributed by atoms with E-state index in [1.54, 1.807) is 0 Å². The lowest BCUT2D eigenvalue weighted by Gasteiger charge is -2.25. The van der Waals surface area contributed by atoms with Crippen LogP contribution in [0, 0.1) is 5.41 Å². The molecule has 1 aromatic carbocycles. The van der Waals surface area contributed by atoms with E-state index in [4.69, 9.17) is 22.4 Å². The summed E-state index contributed by atoms with van der Waals surface area (Å²) >= 11 is 5.80. The second kappa shape index (κ2) is 5.59. The number of hydrogen-bond donors (Lipinski definition) is 3. The number of carbonyl (C=O) groups excluding carboxylic acids is 1. The van der Waals surface area contributed by atoms with Crippen molar-refractivity contribution in [3.05, 3.63) is 28.8 Å². The van der Waals surface area contributed by atoms with E-state index in [-0.39, 0.29) is 16.5 Å². The molecule has 0 aromatic heterocycles. The van der Waals surface area contributed by atoms with Crippen LogP contribution in [0.3, 0.4) is 0 Å². The predicted octanol–water partition coefficient (Wildman–Crippen LogP) is 2.35. The van der Waals surface area contributed by atoms with Crippen LogP contribution in [-0.2, 0) is 4.79 Å². The van der Waals surface area contributed by atoms with Gasteiger partial charge in [0.25, 0.3) is 0 Å². The number of halogens is 1. The van der Waals surface area contributed by atoms with Crippen molar-refractivity contribution in [1.82, 2.24) is 0 Å². The lowest BCUT2D eigenvalue weighted by molar-refractivity contribution is -0.119. The zero-order valence-electron chi connectivity index (χ0n) is 11.0. The highest BCUT2D eigenvalue weighted by atomic mass is 35.5. The van der Waals surface area contributed by atoms with Crippen molar-refractivity contribution >= 4 is 29.2 Å². The summed E-state index contributed by atoms with van der Waals surface area (Å²) in [5.74, 6) is -1.50. The molecule has 19 heavy (non-hydrogen) atoms. The summed E-state index contributed by atoms with van der Waals surface area (Å²) in [6, 6.07) is 3.41. The molecule has 1 unspecified atom stereocenters. The molecule has 0 heterocycles. The Kier molecular flexibility index (Phi) is 4.55. The number of benzene rings is 1. The topological polar surface area (TPSA) is 92.4 Å². The largest absolute Gasteiger partial charge is 0.478 e. The van der Waals surface area contributed by atoms with Gasteiger partial charge in [0.05, 0.1) is 11.6 Å². The third-order valence-corrected chi connectivity index (χ3v) is 2.85. The van der Waals surface area contributed by atoms with E-state index in [0.29, 0.717) is 5.69 Å². The van der Waals surface area contributed by atoms with Crippen molar-refractivity contribution < 1.29 is 14.7 Å². The normalized spacial score (nSPS) is 12.9. The molecular formula is C13H17ClN2O3. The third kappa shape index (κ3) is 4.22. The van der Waals surface area contributed by atoms with Crippen LogP contribution in [0.25, 0.3) is 0 Å². The fourth-order valence-electron chi connectivity index (χ4n) is 1.40. The summed E-state index contributed by atoms with van der Waals surface area (Å²) in [5, 5.41) is 11.7. The van der Waals surface area contributed by atoms with Crippen LogP contribution < -0.4 is 11.1 Å². The summed E-state index contributed by atoms with van der Waals surface area (Å²) < 4.78 is 0. The van der Waals surface area contributed by atoms with Crippen molar-refractivity contribution in [3.63, 3.8) is 0 Å². The van der Waals surface area contributed by atoms with E-state index < -0.39 is 17.4 Å². The van der Waals surface area contributed by atoms with Crippen LogP contribution in [0.1, 0.15) is 31.1 Å². The number of carboxylic acids is 1. The first-order chi connectivity index (χ1) is 8.61. The Labute approximate surface area is 116 Å². The van der Waals surface area contributed by atoms with Crippen molar-refractivity contribution in [1.29, 1.82) is 0 Å². The molecule has 0 radical (unpaired) electrons. The highest BCUT2D eigenvalue weighted by molar-refractivity contribution is 6.31. The first-order valence-corrected chi connectivity index (χ1v) is 6.09. The van der Waals surface area contributed by atoms with Gasteiger partial charge in [0.1, 0.15) is 0 Å². The molecule has 5 nitrogen and oxygen atoms in total. The molecule has 0 saturated heterocycles. The van der Waals surface area contributed by atoms with Gasteiger partial charge >= 0.3 is 5.97 Å². The molecular weight excluding hydrogens is 268 g/mol. The van der Waals surface area contributed by atoms with Crippen molar-refractivity contribution in [2.75, 3.05) is 5.32 Å². The maximum atomic E-state index is 11.9. The molecule has 1 rings (SSSR count). The minimum Gasteiger partial charge on any atom is -0.478 e. The number of nitrogens with one attached hydrogen (secondary N) is 1. The van der Waals surface area contributed by atoms with Crippen molar-refractivity contribution in [2.45, 2.75) is 26.8 Å². The minimum absolute atomic E-state index is 0.00660. The van der Waals surface area contributed by atoms with Gasteiger partial charge in [-0.3, -0.25) is 4.79 Å². The molecule has 1 aromatic rings. The molecule has 6 heteroatoms. The molecule has 0 spiro atoms. The first kappa shape index (κ1) is 15.5. The molecule has 0 bridgehead atoms. The molecule has 0 aliphatic heterocycles. The summed E-state index contributed by atoms with van der Waals surface area (Å²) in [4.78, 5) is 22.8. The second-order valence-corrected chi connectivity index (χ2v) is 5.80. The lowest BCUT2D eigenvalue weighted by atomic mass is 9.87. The molecule has 4 N–H and O–H groups in total. The number of rotatable bonds is 3. The quantitative estimate of drug-likeness (QED) is 0.794. The Hall–Kier alpha value is -1.59. The van der Waals surface area contributed by atoms with Crippen LogP contribution in [0.2, 0.25) is 5.02 Å². The summed E-state index contributed by atoms with van der Waals surface area (Å²) in [6.45, 7) is 5.54. The lowest BCUT2D eigenvalue weighted by Crippen LogP contribution is -2.45. The highest BCUT2D eigenvalue weighted by Crippen LogP contribution is 2.22. The average molecular weight is 285 g/mol. The maximum Gasteiger partial charge on any atom is 0.335 e. The summed E-state index contributed by atoms with van der Waals surface area (Å²) in [7, 11) is 0. The average Bonchev–Trinajstić information content (AvgIpc) is 2.25. The fraction of sp³-hybridized carbons (Fsp3) is 0.385. The Bertz CT molecular complexity index is 509. The van der Waals surface area contributed by atoms with E-state index in [1.165, 1.54) is 18.2 Å². The maximum absolute atomic E-state index is 11.9. The van der Waals surface area contributed by atoms with E-state index in [9.17, 15) is 9.59 Å². The molecule has 0 aliphatic rings. The molecule has 0 aliphatic carbocycles. The number of anilines is 1. The smallest absolute Gasteiger partial charge is 0.335 e. The summed E-state index contributed by atoms with van der Waals surface area (Å²) in [6.07, 6.45) is 0. The van der Waals surface area contributed by atoms with Crippen molar-refractivity contribution in [3.8, 4) is 0 Å². The van der Waals surface area contributed by atoms with Crippen LogP contribution >= 0.6 is 11.6 Å². The second-order valence-electron chi connectivity index (χ2n) is 5.37. The number of aromatic carboxylic acids is 1. The van der Waals surface area contributed by atoms with Gasteiger partial charge < -0.3 is 16.2 Å². The van der Waals surface area contributed by atoms with E-state index in [2.05, 4.69) is 5.32 Å². The van der Waals surface area contributed by atoms with Crippen LogP contribution in [0.4, 0.5) is 5.69 Å². The molecule has 104 valence electrons. The Balaban J connectivity index is 2.94. The van der Waals surface area contributed by atoms with E-state index in [0.717, 1.165) is 0 Å². The number of nitrogens with two attached hydrogens (primary N) is 1. The van der Waals surface area contributed by atoms with Crippen LogP contribution in [0.15, 0.2) is 18.2 Å². The van der Waals surface area contributed by atoms with Crippen molar-refractivity contribution in [2.24, 2.45) is 11.1 Å².